The second kappa shape index (κ2) is 7.93. The maximum absolute atomic E-state index is 6.27. The van der Waals surface area contributed by atoms with E-state index in [1.807, 2.05) is 11.8 Å². The molecule has 0 bridgehead atoms. The van der Waals surface area contributed by atoms with Crippen molar-refractivity contribution in [3.05, 3.63) is 17.7 Å². The largest absolute Gasteiger partial charge is 0.493 e. The lowest BCUT2D eigenvalue weighted by molar-refractivity contribution is 0.355. The highest BCUT2D eigenvalue weighted by molar-refractivity contribution is 7.80. The molecule has 0 amide bonds. The summed E-state index contributed by atoms with van der Waals surface area (Å²) in [6.07, 6.45) is 0. The summed E-state index contributed by atoms with van der Waals surface area (Å²) in [4.78, 5) is 13.0. The SMILES string of the molecule is COc1cc(N)c(-c2nc(N)nc(N3CCN(C(N)=S)CC3)c2C)cc1OC. The lowest BCUT2D eigenvalue weighted by Gasteiger charge is -2.36. The van der Waals surface area contributed by atoms with E-state index in [1.54, 1.807) is 26.4 Å². The van der Waals surface area contributed by atoms with Gasteiger partial charge in [-0.1, -0.05) is 0 Å². The van der Waals surface area contributed by atoms with Crippen LogP contribution in [0.2, 0.25) is 0 Å². The summed E-state index contributed by atoms with van der Waals surface area (Å²) in [6, 6.07) is 3.52. The number of hydrogen-bond acceptors (Lipinski definition) is 8. The molecule has 6 N–H and O–H groups in total. The number of aromatic nitrogens is 2. The molecule has 1 saturated heterocycles. The molecule has 0 saturated carbocycles. The van der Waals surface area contributed by atoms with Crippen LogP contribution in [0.15, 0.2) is 12.1 Å². The van der Waals surface area contributed by atoms with Crippen molar-refractivity contribution in [1.82, 2.24) is 14.9 Å². The summed E-state index contributed by atoms with van der Waals surface area (Å²) < 4.78 is 10.7. The minimum Gasteiger partial charge on any atom is -0.493 e. The summed E-state index contributed by atoms with van der Waals surface area (Å²) in [5, 5.41) is 0.414. The zero-order valence-corrected chi connectivity index (χ0v) is 17.0. The molecule has 1 fully saturated rings. The van der Waals surface area contributed by atoms with Gasteiger partial charge in [-0.3, -0.25) is 0 Å². The van der Waals surface area contributed by atoms with E-state index in [0.29, 0.717) is 33.6 Å². The maximum Gasteiger partial charge on any atom is 0.222 e. The number of piperazine rings is 1. The van der Waals surface area contributed by atoms with Gasteiger partial charge in [-0.25, -0.2) is 4.98 Å². The van der Waals surface area contributed by atoms with Gasteiger partial charge < -0.3 is 36.5 Å². The molecule has 2 heterocycles. The van der Waals surface area contributed by atoms with Crippen molar-refractivity contribution in [3.8, 4) is 22.8 Å². The van der Waals surface area contributed by atoms with Crippen molar-refractivity contribution in [2.75, 3.05) is 56.8 Å². The third-order valence-electron chi connectivity index (χ3n) is 4.84. The van der Waals surface area contributed by atoms with E-state index < -0.39 is 0 Å². The average Bonchev–Trinajstić information content (AvgIpc) is 2.69. The van der Waals surface area contributed by atoms with Crippen molar-refractivity contribution in [1.29, 1.82) is 0 Å². The van der Waals surface area contributed by atoms with Gasteiger partial charge >= 0.3 is 0 Å². The Morgan fingerprint density at radius 1 is 1.04 bits per heavy atom. The van der Waals surface area contributed by atoms with E-state index in [4.69, 9.17) is 38.9 Å². The molecule has 1 aromatic heterocycles. The normalized spacial score (nSPS) is 14.1. The fourth-order valence-electron chi connectivity index (χ4n) is 3.33. The number of nitrogen functional groups attached to an aromatic ring is 2. The van der Waals surface area contributed by atoms with Gasteiger partial charge in [0, 0.05) is 49.1 Å². The van der Waals surface area contributed by atoms with Gasteiger partial charge in [0.2, 0.25) is 5.95 Å². The molecule has 0 unspecified atom stereocenters. The Labute approximate surface area is 169 Å². The van der Waals surface area contributed by atoms with Crippen LogP contribution in [0.1, 0.15) is 5.56 Å². The first-order chi connectivity index (χ1) is 13.3. The molecule has 10 heteroatoms. The first-order valence-corrected chi connectivity index (χ1v) is 9.21. The monoisotopic (exact) mass is 403 g/mol. The Morgan fingerprint density at radius 3 is 2.21 bits per heavy atom. The summed E-state index contributed by atoms with van der Waals surface area (Å²) in [7, 11) is 3.14. The van der Waals surface area contributed by atoms with Gasteiger partial charge in [0.15, 0.2) is 16.6 Å². The zero-order valence-electron chi connectivity index (χ0n) is 16.2. The number of anilines is 3. The van der Waals surface area contributed by atoms with Crippen molar-refractivity contribution in [3.63, 3.8) is 0 Å². The van der Waals surface area contributed by atoms with Crippen LogP contribution in [-0.4, -0.2) is 60.4 Å². The van der Waals surface area contributed by atoms with Crippen molar-refractivity contribution >= 4 is 34.8 Å². The molecule has 1 aliphatic rings. The third-order valence-corrected chi connectivity index (χ3v) is 5.10. The van der Waals surface area contributed by atoms with Crippen LogP contribution in [0.5, 0.6) is 11.5 Å². The van der Waals surface area contributed by atoms with Crippen LogP contribution in [0.3, 0.4) is 0 Å². The number of rotatable bonds is 4. The summed E-state index contributed by atoms with van der Waals surface area (Å²) in [6.45, 7) is 4.88. The molecule has 28 heavy (non-hydrogen) atoms. The lowest BCUT2D eigenvalue weighted by atomic mass is 10.0. The fourth-order valence-corrected chi connectivity index (χ4v) is 3.51. The number of thiocarbonyl (C=S) groups is 1. The highest BCUT2D eigenvalue weighted by Crippen LogP contribution is 2.39. The summed E-state index contributed by atoms with van der Waals surface area (Å²) in [5.74, 6) is 2.08. The minimum absolute atomic E-state index is 0.182. The second-order valence-corrected chi connectivity index (χ2v) is 6.90. The molecular formula is C18H25N7O2S. The fraction of sp³-hybridized carbons (Fsp3) is 0.389. The summed E-state index contributed by atoms with van der Waals surface area (Å²) >= 11 is 5.06. The van der Waals surface area contributed by atoms with E-state index >= 15 is 0 Å². The van der Waals surface area contributed by atoms with Crippen LogP contribution in [0.25, 0.3) is 11.3 Å². The molecule has 0 spiro atoms. The second-order valence-electron chi connectivity index (χ2n) is 6.49. The molecule has 3 rings (SSSR count). The number of hydrogen-bond donors (Lipinski definition) is 3. The molecular weight excluding hydrogens is 378 g/mol. The van der Waals surface area contributed by atoms with Crippen LogP contribution < -0.4 is 31.6 Å². The molecule has 0 aliphatic carbocycles. The average molecular weight is 404 g/mol. The molecule has 9 nitrogen and oxygen atoms in total. The molecule has 1 aromatic carbocycles. The van der Waals surface area contributed by atoms with E-state index in [9.17, 15) is 0 Å². The molecule has 1 aliphatic heterocycles. The van der Waals surface area contributed by atoms with E-state index in [0.717, 1.165) is 37.6 Å². The van der Waals surface area contributed by atoms with Gasteiger partial charge in [0.25, 0.3) is 0 Å². The highest BCUT2D eigenvalue weighted by atomic mass is 32.1. The van der Waals surface area contributed by atoms with Crippen LogP contribution in [-0.2, 0) is 0 Å². The Balaban J connectivity index is 2.02. The predicted molar refractivity (Wildman–Crippen MR) is 115 cm³/mol. The van der Waals surface area contributed by atoms with Crippen LogP contribution in [0, 0.1) is 6.92 Å². The minimum atomic E-state index is 0.182. The van der Waals surface area contributed by atoms with Gasteiger partial charge in [0.1, 0.15) is 5.82 Å². The Kier molecular flexibility index (Phi) is 5.59. The summed E-state index contributed by atoms with van der Waals surface area (Å²) in [5.41, 5.74) is 20.8. The van der Waals surface area contributed by atoms with Crippen LogP contribution in [0.4, 0.5) is 17.5 Å². The Hall–Kier alpha value is -3.01. The number of benzene rings is 1. The zero-order chi connectivity index (χ0) is 20.4. The molecule has 0 radical (unpaired) electrons. The predicted octanol–water partition coefficient (Wildman–Crippen LogP) is 0.999. The van der Waals surface area contributed by atoms with E-state index in [-0.39, 0.29) is 5.95 Å². The number of methoxy groups -OCH3 is 2. The maximum atomic E-state index is 6.27. The quantitative estimate of drug-likeness (QED) is 0.502. The van der Waals surface area contributed by atoms with Gasteiger partial charge in [-0.15, -0.1) is 0 Å². The van der Waals surface area contributed by atoms with Crippen molar-refractivity contribution < 1.29 is 9.47 Å². The molecule has 150 valence electrons. The molecule has 2 aromatic rings. The first-order valence-electron chi connectivity index (χ1n) is 8.81. The molecule has 0 atom stereocenters. The topological polar surface area (TPSA) is 129 Å². The Bertz CT molecular complexity index is 898. The lowest BCUT2D eigenvalue weighted by Crippen LogP contribution is -2.50. The van der Waals surface area contributed by atoms with Gasteiger partial charge in [-0.05, 0) is 25.2 Å². The number of ether oxygens (including phenoxy) is 2. The third kappa shape index (κ3) is 3.68. The standard InChI is InChI=1S/C18H25N7O2S/c1-10-15(11-8-13(26-2)14(27-3)9-12(11)19)22-17(20)23-16(10)24-4-6-25(7-5-24)18(21)28/h8-9H,4-7,19H2,1-3H3,(H2,21,28)(H2,20,22,23). The highest BCUT2D eigenvalue weighted by Gasteiger charge is 2.23. The first kappa shape index (κ1) is 19.7. The van der Waals surface area contributed by atoms with Crippen molar-refractivity contribution in [2.24, 2.45) is 5.73 Å². The van der Waals surface area contributed by atoms with Gasteiger partial charge in [-0.2, -0.15) is 4.98 Å². The van der Waals surface area contributed by atoms with Crippen LogP contribution >= 0.6 is 12.2 Å². The Morgan fingerprint density at radius 2 is 1.64 bits per heavy atom. The van der Waals surface area contributed by atoms with E-state index in [1.165, 1.54) is 0 Å². The smallest absolute Gasteiger partial charge is 0.222 e. The van der Waals surface area contributed by atoms with Crippen molar-refractivity contribution in [2.45, 2.75) is 6.92 Å². The van der Waals surface area contributed by atoms with E-state index in [2.05, 4.69) is 14.9 Å². The van der Waals surface area contributed by atoms with Gasteiger partial charge in [0.05, 0.1) is 19.9 Å². The number of nitrogens with zero attached hydrogens (tertiary/aromatic N) is 4. The number of nitrogens with two attached hydrogens (primary N) is 3.